The summed E-state index contributed by atoms with van der Waals surface area (Å²) < 4.78 is 0. The summed E-state index contributed by atoms with van der Waals surface area (Å²) in [6.07, 6.45) is 5.09. The Kier molecular flexibility index (Phi) is 3.50. The number of aryl methyl sites for hydroxylation is 1. The molecular weight excluding hydrogens is 276 g/mol. The normalized spacial score (nSPS) is 18.5. The molecule has 0 bridgehead atoms. The van der Waals surface area contributed by atoms with E-state index in [1.165, 1.54) is 28.6 Å². The molecule has 0 spiro atoms. The summed E-state index contributed by atoms with van der Waals surface area (Å²) in [6, 6.07) is 0. The van der Waals surface area contributed by atoms with Gasteiger partial charge in [-0.3, -0.25) is 4.79 Å². The van der Waals surface area contributed by atoms with Crippen LogP contribution in [0.25, 0.3) is 10.2 Å². The molecule has 1 aliphatic carbocycles. The summed E-state index contributed by atoms with van der Waals surface area (Å²) in [7, 11) is 0. The van der Waals surface area contributed by atoms with Crippen LogP contribution in [0.4, 0.5) is 0 Å². The molecule has 2 aromatic rings. The molecule has 100 valence electrons. The Bertz CT molecular complexity index is 687. The van der Waals surface area contributed by atoms with Crippen LogP contribution in [0.1, 0.15) is 23.8 Å². The minimum atomic E-state index is 0.0172. The molecule has 3 rings (SSSR count). The average Bonchev–Trinajstić information content (AvgIpc) is 2.73. The van der Waals surface area contributed by atoms with E-state index in [1.54, 1.807) is 11.3 Å². The predicted octanol–water partition coefficient (Wildman–Crippen LogP) is 3.39. The number of hydrogen-bond donors (Lipinski definition) is 1. The van der Waals surface area contributed by atoms with Gasteiger partial charge in [0, 0.05) is 10.6 Å². The number of aromatic nitrogens is 2. The van der Waals surface area contributed by atoms with Gasteiger partial charge in [-0.05, 0) is 30.7 Å². The van der Waals surface area contributed by atoms with Crippen molar-refractivity contribution in [3.63, 3.8) is 0 Å². The SMILES string of the molecule is C=CCSc1nc2sc3c(c2c(=O)[nH]1)CC[C@H](C)C3. The van der Waals surface area contributed by atoms with Gasteiger partial charge < -0.3 is 4.98 Å². The number of nitrogens with zero attached hydrogens (tertiary/aromatic N) is 1. The minimum Gasteiger partial charge on any atom is -0.301 e. The molecule has 0 saturated carbocycles. The van der Waals surface area contributed by atoms with Crippen LogP contribution in [-0.4, -0.2) is 15.7 Å². The highest BCUT2D eigenvalue weighted by Gasteiger charge is 2.22. The lowest BCUT2D eigenvalue weighted by Crippen LogP contribution is -2.13. The largest absolute Gasteiger partial charge is 0.301 e. The van der Waals surface area contributed by atoms with E-state index in [0.717, 1.165) is 28.8 Å². The molecule has 0 aliphatic heterocycles. The van der Waals surface area contributed by atoms with Gasteiger partial charge in [-0.2, -0.15) is 0 Å². The van der Waals surface area contributed by atoms with Crippen molar-refractivity contribution in [3.8, 4) is 0 Å². The second-order valence-electron chi connectivity index (χ2n) is 5.00. The molecule has 2 aromatic heterocycles. The minimum absolute atomic E-state index is 0.0172. The topological polar surface area (TPSA) is 45.8 Å². The van der Waals surface area contributed by atoms with E-state index in [9.17, 15) is 4.79 Å². The maximum Gasteiger partial charge on any atom is 0.260 e. The first-order chi connectivity index (χ1) is 9.19. The van der Waals surface area contributed by atoms with Crippen molar-refractivity contribution in [2.45, 2.75) is 31.3 Å². The van der Waals surface area contributed by atoms with Crippen LogP contribution in [0.2, 0.25) is 0 Å². The fraction of sp³-hybridized carbons (Fsp3) is 0.429. The summed E-state index contributed by atoms with van der Waals surface area (Å²) in [6.45, 7) is 5.96. The predicted molar refractivity (Wildman–Crippen MR) is 82.4 cm³/mol. The van der Waals surface area contributed by atoms with Crippen molar-refractivity contribution in [3.05, 3.63) is 33.4 Å². The molecule has 0 aromatic carbocycles. The van der Waals surface area contributed by atoms with Crippen LogP contribution < -0.4 is 5.56 Å². The van der Waals surface area contributed by atoms with Crippen LogP contribution in [0.5, 0.6) is 0 Å². The standard InChI is InChI=1S/C14H16N2OS2/c1-3-6-18-14-15-12(17)11-9-5-4-8(2)7-10(9)19-13(11)16-14/h3,8H,1,4-7H2,2H3,(H,15,16,17)/t8-/m0/s1. The van der Waals surface area contributed by atoms with Crippen molar-refractivity contribution in [2.75, 3.05) is 5.75 Å². The first kappa shape index (κ1) is 12.9. The van der Waals surface area contributed by atoms with Crippen molar-refractivity contribution < 1.29 is 0 Å². The van der Waals surface area contributed by atoms with Gasteiger partial charge in [0.25, 0.3) is 5.56 Å². The Balaban J connectivity index is 2.11. The lowest BCUT2D eigenvalue weighted by Gasteiger charge is -2.17. The Hall–Kier alpha value is -1.07. The monoisotopic (exact) mass is 292 g/mol. The second kappa shape index (κ2) is 5.13. The van der Waals surface area contributed by atoms with E-state index in [2.05, 4.69) is 23.5 Å². The number of nitrogens with one attached hydrogen (secondary N) is 1. The van der Waals surface area contributed by atoms with Crippen molar-refractivity contribution >= 4 is 33.3 Å². The second-order valence-corrected chi connectivity index (χ2v) is 7.10. The smallest absolute Gasteiger partial charge is 0.260 e. The highest BCUT2D eigenvalue weighted by Crippen LogP contribution is 2.36. The van der Waals surface area contributed by atoms with E-state index in [0.29, 0.717) is 11.1 Å². The van der Waals surface area contributed by atoms with Crippen LogP contribution in [0.15, 0.2) is 22.6 Å². The zero-order valence-corrected chi connectivity index (χ0v) is 12.5. The number of hydrogen-bond acceptors (Lipinski definition) is 4. The fourth-order valence-corrected chi connectivity index (χ4v) is 4.57. The maximum absolute atomic E-state index is 12.2. The molecule has 1 aliphatic rings. The Morgan fingerprint density at radius 3 is 3.26 bits per heavy atom. The molecule has 0 fully saturated rings. The molecule has 0 amide bonds. The molecule has 0 saturated heterocycles. The van der Waals surface area contributed by atoms with Crippen molar-refractivity contribution in [1.29, 1.82) is 0 Å². The number of H-pyrrole nitrogens is 1. The molecular formula is C14H16N2OS2. The highest BCUT2D eigenvalue weighted by atomic mass is 32.2. The third kappa shape index (κ3) is 2.37. The number of thiophene rings is 1. The van der Waals surface area contributed by atoms with Gasteiger partial charge in [0.2, 0.25) is 0 Å². The summed E-state index contributed by atoms with van der Waals surface area (Å²) >= 11 is 3.21. The first-order valence-corrected chi connectivity index (χ1v) is 8.27. The lowest BCUT2D eigenvalue weighted by atomic mass is 9.89. The molecule has 0 radical (unpaired) electrons. The number of aromatic amines is 1. The molecule has 0 unspecified atom stereocenters. The maximum atomic E-state index is 12.2. The highest BCUT2D eigenvalue weighted by molar-refractivity contribution is 7.99. The molecule has 3 nitrogen and oxygen atoms in total. The molecule has 1 atom stereocenters. The average molecular weight is 292 g/mol. The van der Waals surface area contributed by atoms with Gasteiger partial charge in [0.15, 0.2) is 5.16 Å². The fourth-order valence-electron chi connectivity index (χ4n) is 2.54. The third-order valence-electron chi connectivity index (χ3n) is 3.48. The Morgan fingerprint density at radius 2 is 2.47 bits per heavy atom. The van der Waals surface area contributed by atoms with Crippen molar-refractivity contribution in [1.82, 2.24) is 9.97 Å². The van der Waals surface area contributed by atoms with Gasteiger partial charge in [0.05, 0.1) is 5.39 Å². The van der Waals surface area contributed by atoms with Gasteiger partial charge in [-0.25, -0.2) is 4.98 Å². The van der Waals surface area contributed by atoms with E-state index in [-0.39, 0.29) is 5.56 Å². The number of fused-ring (bicyclic) bond motifs is 3. The molecule has 19 heavy (non-hydrogen) atoms. The quantitative estimate of drug-likeness (QED) is 0.536. The van der Waals surface area contributed by atoms with Crippen LogP contribution in [0.3, 0.4) is 0 Å². The molecule has 2 heterocycles. The lowest BCUT2D eigenvalue weighted by molar-refractivity contribution is 0.509. The summed E-state index contributed by atoms with van der Waals surface area (Å²) in [5.41, 5.74) is 1.26. The molecule has 5 heteroatoms. The first-order valence-electron chi connectivity index (χ1n) is 6.47. The zero-order valence-electron chi connectivity index (χ0n) is 10.9. The zero-order chi connectivity index (χ0) is 13.4. The van der Waals surface area contributed by atoms with E-state index < -0.39 is 0 Å². The van der Waals surface area contributed by atoms with Gasteiger partial charge in [-0.1, -0.05) is 24.8 Å². The van der Waals surface area contributed by atoms with Gasteiger partial charge >= 0.3 is 0 Å². The van der Waals surface area contributed by atoms with Crippen LogP contribution in [0, 0.1) is 5.92 Å². The summed E-state index contributed by atoms with van der Waals surface area (Å²) in [5.74, 6) is 1.48. The Morgan fingerprint density at radius 1 is 1.63 bits per heavy atom. The Labute approximate surface area is 120 Å². The van der Waals surface area contributed by atoms with Gasteiger partial charge in [0.1, 0.15) is 4.83 Å². The van der Waals surface area contributed by atoms with E-state index in [4.69, 9.17) is 0 Å². The van der Waals surface area contributed by atoms with Gasteiger partial charge in [-0.15, -0.1) is 17.9 Å². The summed E-state index contributed by atoms with van der Waals surface area (Å²) in [5, 5.41) is 1.53. The van der Waals surface area contributed by atoms with Crippen LogP contribution >= 0.6 is 23.1 Å². The van der Waals surface area contributed by atoms with E-state index in [1.807, 2.05) is 6.08 Å². The molecule has 1 N–H and O–H groups in total. The van der Waals surface area contributed by atoms with E-state index >= 15 is 0 Å². The summed E-state index contributed by atoms with van der Waals surface area (Å²) in [4.78, 5) is 22.0. The number of thioether (sulfide) groups is 1. The third-order valence-corrected chi connectivity index (χ3v) is 5.50. The van der Waals surface area contributed by atoms with Crippen LogP contribution in [-0.2, 0) is 12.8 Å². The van der Waals surface area contributed by atoms with Crippen molar-refractivity contribution in [2.24, 2.45) is 5.92 Å². The number of rotatable bonds is 3.